The second-order valence-electron chi connectivity index (χ2n) is 4.76. The molecule has 0 saturated carbocycles. The van der Waals surface area contributed by atoms with Gasteiger partial charge in [-0.2, -0.15) is 0 Å². The number of allylic oxidation sites excluding steroid dienone is 1. The van der Waals surface area contributed by atoms with Crippen LogP contribution in [0.15, 0.2) is 30.3 Å². The van der Waals surface area contributed by atoms with Crippen molar-refractivity contribution in [1.82, 2.24) is 9.62 Å². The van der Waals surface area contributed by atoms with Crippen molar-refractivity contribution < 1.29 is 17.6 Å². The number of carbonyl (C=O) groups is 1. The number of sulfonamides is 1. The second kappa shape index (κ2) is 7.33. The zero-order chi connectivity index (χ0) is 16.0. The van der Waals surface area contributed by atoms with E-state index in [4.69, 9.17) is 0 Å². The Kier molecular flexibility index (Phi) is 6.04. The van der Waals surface area contributed by atoms with Crippen molar-refractivity contribution in [3.63, 3.8) is 0 Å². The highest BCUT2D eigenvalue weighted by atomic mass is 32.2. The Labute approximate surface area is 124 Å². The lowest BCUT2D eigenvalue weighted by molar-refractivity contribution is -0.124. The van der Waals surface area contributed by atoms with Gasteiger partial charge < -0.3 is 4.90 Å². The van der Waals surface area contributed by atoms with E-state index < -0.39 is 10.0 Å². The number of nitrogens with zero attached hydrogens (tertiary/aromatic N) is 1. The molecule has 1 amide bonds. The van der Waals surface area contributed by atoms with Crippen LogP contribution in [0.25, 0.3) is 5.57 Å². The molecule has 0 aliphatic carbocycles. The first-order chi connectivity index (χ1) is 9.69. The molecule has 0 atom stereocenters. The Morgan fingerprint density at radius 2 is 2.10 bits per heavy atom. The van der Waals surface area contributed by atoms with Gasteiger partial charge in [0, 0.05) is 26.2 Å². The minimum Gasteiger partial charge on any atom is -0.341 e. The molecule has 116 valence electrons. The van der Waals surface area contributed by atoms with E-state index in [1.165, 1.54) is 23.1 Å². The first-order valence-electron chi connectivity index (χ1n) is 6.33. The fourth-order valence-corrected chi connectivity index (χ4v) is 2.08. The Balaban J connectivity index is 2.64. The smallest absolute Gasteiger partial charge is 0.246 e. The van der Waals surface area contributed by atoms with E-state index in [1.54, 1.807) is 26.1 Å². The molecule has 1 aromatic carbocycles. The molecule has 21 heavy (non-hydrogen) atoms. The number of rotatable bonds is 6. The van der Waals surface area contributed by atoms with Crippen LogP contribution in [0.4, 0.5) is 4.39 Å². The molecule has 0 bridgehead atoms. The summed E-state index contributed by atoms with van der Waals surface area (Å²) in [7, 11) is -1.69. The summed E-state index contributed by atoms with van der Waals surface area (Å²) in [6.45, 7) is 2.11. The van der Waals surface area contributed by atoms with Crippen molar-refractivity contribution in [1.29, 1.82) is 0 Å². The average Bonchev–Trinajstić information content (AvgIpc) is 2.36. The van der Waals surface area contributed by atoms with Gasteiger partial charge in [0.2, 0.25) is 15.9 Å². The molecule has 7 heteroatoms. The molecule has 0 fully saturated rings. The van der Waals surface area contributed by atoms with Gasteiger partial charge in [0.1, 0.15) is 5.82 Å². The summed E-state index contributed by atoms with van der Waals surface area (Å²) >= 11 is 0. The van der Waals surface area contributed by atoms with E-state index in [9.17, 15) is 17.6 Å². The number of benzene rings is 1. The van der Waals surface area contributed by atoms with E-state index in [0.29, 0.717) is 11.1 Å². The molecule has 1 rings (SSSR count). The van der Waals surface area contributed by atoms with Gasteiger partial charge in [0.15, 0.2) is 0 Å². The Hall–Kier alpha value is -1.73. The van der Waals surface area contributed by atoms with E-state index in [2.05, 4.69) is 4.72 Å². The summed E-state index contributed by atoms with van der Waals surface area (Å²) in [4.78, 5) is 13.3. The van der Waals surface area contributed by atoms with E-state index in [-0.39, 0.29) is 24.8 Å². The van der Waals surface area contributed by atoms with Crippen LogP contribution in [0.3, 0.4) is 0 Å². The third-order valence-corrected chi connectivity index (χ3v) is 3.54. The molecule has 0 heterocycles. The Morgan fingerprint density at radius 1 is 1.43 bits per heavy atom. The van der Waals surface area contributed by atoms with Crippen molar-refractivity contribution >= 4 is 21.5 Å². The zero-order valence-electron chi connectivity index (χ0n) is 12.3. The van der Waals surface area contributed by atoms with Gasteiger partial charge in [-0.1, -0.05) is 12.1 Å². The maximum Gasteiger partial charge on any atom is 0.246 e. The molecule has 0 aliphatic heterocycles. The zero-order valence-corrected chi connectivity index (χ0v) is 13.1. The standard InChI is InChI=1S/C14H19FN2O3S/c1-11(12-5-4-6-13(15)10-12)9-14(18)17(2)8-7-16-21(3,19)20/h4-6,9-10,16H,7-8H2,1-3H3/b11-9+. The molecule has 0 radical (unpaired) electrons. The van der Waals surface area contributed by atoms with Gasteiger partial charge in [0.25, 0.3) is 0 Å². The molecular formula is C14H19FN2O3S. The van der Waals surface area contributed by atoms with Gasteiger partial charge in [-0.15, -0.1) is 0 Å². The summed E-state index contributed by atoms with van der Waals surface area (Å²) in [5, 5.41) is 0. The number of halogens is 1. The fourth-order valence-electron chi connectivity index (χ4n) is 1.62. The normalized spacial score (nSPS) is 12.3. The van der Waals surface area contributed by atoms with Gasteiger partial charge in [-0.3, -0.25) is 4.79 Å². The predicted molar refractivity (Wildman–Crippen MR) is 80.5 cm³/mol. The highest BCUT2D eigenvalue weighted by Gasteiger charge is 2.08. The summed E-state index contributed by atoms with van der Waals surface area (Å²) in [6.07, 6.45) is 2.46. The van der Waals surface area contributed by atoms with Crippen LogP contribution in [0, 0.1) is 5.82 Å². The third-order valence-electron chi connectivity index (χ3n) is 2.81. The SMILES string of the molecule is C/C(=C\C(=O)N(C)CCNS(C)(=O)=O)c1cccc(F)c1. The summed E-state index contributed by atoms with van der Waals surface area (Å²) in [5.41, 5.74) is 1.27. The van der Waals surface area contributed by atoms with Crippen molar-refractivity contribution in [3.05, 3.63) is 41.7 Å². The molecule has 0 spiro atoms. The monoisotopic (exact) mass is 314 g/mol. The quantitative estimate of drug-likeness (QED) is 0.803. The fraction of sp³-hybridized carbons (Fsp3) is 0.357. The lowest BCUT2D eigenvalue weighted by Gasteiger charge is -2.15. The van der Waals surface area contributed by atoms with Crippen molar-refractivity contribution in [2.24, 2.45) is 0 Å². The minimum absolute atomic E-state index is 0.147. The maximum atomic E-state index is 13.1. The number of nitrogens with one attached hydrogen (secondary N) is 1. The van der Waals surface area contributed by atoms with E-state index >= 15 is 0 Å². The molecule has 1 aromatic rings. The largest absolute Gasteiger partial charge is 0.341 e. The lowest BCUT2D eigenvalue weighted by atomic mass is 10.1. The minimum atomic E-state index is -3.26. The first-order valence-corrected chi connectivity index (χ1v) is 8.22. The number of hydrogen-bond donors (Lipinski definition) is 1. The summed E-state index contributed by atoms with van der Waals surface area (Å²) < 4.78 is 37.3. The average molecular weight is 314 g/mol. The van der Waals surface area contributed by atoms with E-state index in [1.807, 2.05) is 0 Å². The number of likely N-dealkylation sites (N-methyl/N-ethyl adjacent to an activating group) is 1. The number of carbonyl (C=O) groups excluding carboxylic acids is 1. The topological polar surface area (TPSA) is 66.5 Å². The van der Waals surface area contributed by atoms with Crippen LogP contribution in [-0.4, -0.2) is 45.6 Å². The van der Waals surface area contributed by atoms with Crippen molar-refractivity contribution in [2.45, 2.75) is 6.92 Å². The molecule has 0 saturated heterocycles. The highest BCUT2D eigenvalue weighted by Crippen LogP contribution is 2.14. The first kappa shape index (κ1) is 17.3. The maximum absolute atomic E-state index is 13.1. The third kappa shape index (κ3) is 6.50. The van der Waals surface area contributed by atoms with Crippen LogP contribution in [-0.2, 0) is 14.8 Å². The lowest BCUT2D eigenvalue weighted by Crippen LogP contribution is -2.35. The van der Waals surface area contributed by atoms with Gasteiger partial charge in [-0.25, -0.2) is 17.5 Å². The highest BCUT2D eigenvalue weighted by molar-refractivity contribution is 7.88. The predicted octanol–water partition coefficient (Wildman–Crippen LogP) is 1.24. The van der Waals surface area contributed by atoms with Crippen LogP contribution >= 0.6 is 0 Å². The molecule has 0 aromatic heterocycles. The molecular weight excluding hydrogens is 295 g/mol. The summed E-state index contributed by atoms with van der Waals surface area (Å²) in [6, 6.07) is 5.98. The second-order valence-corrected chi connectivity index (χ2v) is 6.60. The Bertz CT molecular complexity index is 641. The van der Waals surface area contributed by atoms with Crippen molar-refractivity contribution in [2.75, 3.05) is 26.4 Å². The van der Waals surface area contributed by atoms with Crippen LogP contribution in [0.5, 0.6) is 0 Å². The number of amides is 1. The molecule has 1 N–H and O–H groups in total. The van der Waals surface area contributed by atoms with Gasteiger partial charge in [-0.05, 0) is 30.2 Å². The van der Waals surface area contributed by atoms with Crippen LogP contribution in [0.1, 0.15) is 12.5 Å². The van der Waals surface area contributed by atoms with Crippen molar-refractivity contribution in [3.8, 4) is 0 Å². The van der Waals surface area contributed by atoms with Gasteiger partial charge >= 0.3 is 0 Å². The van der Waals surface area contributed by atoms with Crippen LogP contribution < -0.4 is 4.72 Å². The molecule has 0 aliphatic rings. The van der Waals surface area contributed by atoms with Crippen LogP contribution in [0.2, 0.25) is 0 Å². The van der Waals surface area contributed by atoms with Gasteiger partial charge in [0.05, 0.1) is 6.26 Å². The molecule has 5 nitrogen and oxygen atoms in total. The molecule has 0 unspecified atom stereocenters. The summed E-state index contributed by atoms with van der Waals surface area (Å²) in [5.74, 6) is -0.634. The number of hydrogen-bond acceptors (Lipinski definition) is 3. The Morgan fingerprint density at radius 3 is 2.67 bits per heavy atom. The van der Waals surface area contributed by atoms with E-state index in [0.717, 1.165) is 6.26 Å².